The Morgan fingerprint density at radius 2 is 2.00 bits per heavy atom. The summed E-state index contributed by atoms with van der Waals surface area (Å²) >= 11 is 0. The molecule has 0 aliphatic carbocycles. The van der Waals surface area contributed by atoms with Gasteiger partial charge in [-0.25, -0.2) is 0 Å². The van der Waals surface area contributed by atoms with Crippen molar-refractivity contribution in [1.29, 1.82) is 0 Å². The molecule has 0 bridgehead atoms. The second kappa shape index (κ2) is 6.51. The second-order valence-electron chi connectivity index (χ2n) is 3.55. The first-order valence-electron chi connectivity index (χ1n) is 5.14. The third-order valence-corrected chi connectivity index (χ3v) is 2.06. The summed E-state index contributed by atoms with van der Waals surface area (Å²) in [7, 11) is 0. The quantitative estimate of drug-likeness (QED) is 0.361. The Morgan fingerprint density at radius 3 is 2.43 bits per heavy atom. The van der Waals surface area contributed by atoms with Crippen LogP contribution in [-0.2, 0) is 9.53 Å². The van der Waals surface area contributed by atoms with Crippen LogP contribution in [0.4, 0.5) is 0 Å². The van der Waals surface area contributed by atoms with Gasteiger partial charge in [0.1, 0.15) is 0 Å². The monoisotopic (exact) mass is 201 g/mol. The summed E-state index contributed by atoms with van der Waals surface area (Å²) in [5, 5.41) is 2.89. The first-order valence-corrected chi connectivity index (χ1v) is 5.14. The van der Waals surface area contributed by atoms with Crippen LogP contribution in [0.2, 0.25) is 0 Å². The number of ether oxygens (including phenoxy) is 1. The van der Waals surface area contributed by atoms with Gasteiger partial charge in [-0.1, -0.05) is 26.7 Å². The molecule has 14 heavy (non-hydrogen) atoms. The molecule has 82 valence electrons. The fraction of sp³-hybridized carbons (Fsp3) is 0.900. The van der Waals surface area contributed by atoms with E-state index in [-0.39, 0.29) is 12.4 Å². The molecule has 1 atom stereocenters. The van der Waals surface area contributed by atoms with E-state index in [1.54, 1.807) is 13.8 Å². The molecule has 0 saturated heterocycles. The lowest BCUT2D eigenvalue weighted by atomic mass is 10.1. The summed E-state index contributed by atoms with van der Waals surface area (Å²) in [5.41, 5.74) is -1.16. The van der Waals surface area contributed by atoms with Gasteiger partial charge in [-0.15, -0.1) is 4.91 Å². The van der Waals surface area contributed by atoms with E-state index in [0.29, 0.717) is 6.42 Å². The van der Waals surface area contributed by atoms with Crippen LogP contribution in [0.3, 0.4) is 0 Å². The summed E-state index contributed by atoms with van der Waals surface area (Å²) in [6.45, 7) is 5.33. The van der Waals surface area contributed by atoms with Gasteiger partial charge in [-0.3, -0.25) is 4.79 Å². The zero-order valence-electron chi connectivity index (χ0n) is 9.21. The Kier molecular flexibility index (Phi) is 6.08. The summed E-state index contributed by atoms with van der Waals surface area (Å²) in [5.74, 6) is -0.372. The van der Waals surface area contributed by atoms with Crippen LogP contribution < -0.4 is 0 Å². The van der Waals surface area contributed by atoms with E-state index in [1.165, 1.54) is 0 Å². The molecule has 0 radical (unpaired) electrons. The number of carbonyl (C=O) groups excluding carboxylic acids is 1. The van der Waals surface area contributed by atoms with Crippen molar-refractivity contribution in [2.75, 3.05) is 0 Å². The molecule has 0 rings (SSSR count). The molecule has 0 aromatic carbocycles. The number of nitroso groups, excluding NO2 is 1. The van der Waals surface area contributed by atoms with Crippen LogP contribution in [0, 0.1) is 4.91 Å². The molecular formula is C10H19NO3. The maximum atomic E-state index is 11.0. The summed E-state index contributed by atoms with van der Waals surface area (Å²) in [6.07, 6.45) is 3.73. The van der Waals surface area contributed by atoms with Gasteiger partial charge in [-0.05, 0) is 18.5 Å². The summed E-state index contributed by atoms with van der Waals surface area (Å²) < 4.78 is 4.96. The van der Waals surface area contributed by atoms with Crippen LogP contribution in [0.5, 0.6) is 0 Å². The number of hydrogen-bond acceptors (Lipinski definition) is 4. The largest absolute Gasteiger partial charge is 0.434 e. The minimum Gasteiger partial charge on any atom is -0.434 e. The van der Waals surface area contributed by atoms with Gasteiger partial charge in [0, 0.05) is 12.8 Å². The fourth-order valence-electron chi connectivity index (χ4n) is 1.14. The van der Waals surface area contributed by atoms with Crippen LogP contribution >= 0.6 is 0 Å². The predicted molar refractivity (Wildman–Crippen MR) is 54.7 cm³/mol. The Bertz CT molecular complexity index is 194. The van der Waals surface area contributed by atoms with E-state index in [0.717, 1.165) is 19.3 Å². The van der Waals surface area contributed by atoms with E-state index in [2.05, 4.69) is 12.1 Å². The third-order valence-electron chi connectivity index (χ3n) is 2.06. The number of esters is 1. The molecule has 0 aliphatic heterocycles. The zero-order valence-corrected chi connectivity index (χ0v) is 9.21. The predicted octanol–water partition coefficient (Wildman–Crippen LogP) is 3.00. The van der Waals surface area contributed by atoms with Gasteiger partial charge < -0.3 is 4.74 Å². The first kappa shape index (κ1) is 13.1. The highest BCUT2D eigenvalue weighted by Crippen LogP contribution is 2.21. The highest BCUT2D eigenvalue weighted by Gasteiger charge is 2.28. The Morgan fingerprint density at radius 1 is 1.36 bits per heavy atom. The minimum absolute atomic E-state index is 0.277. The molecule has 4 nitrogen and oxygen atoms in total. The minimum atomic E-state index is -1.16. The fourth-order valence-corrected chi connectivity index (χ4v) is 1.14. The molecule has 0 aromatic heterocycles. The number of hydrogen-bond donors (Lipinski definition) is 0. The van der Waals surface area contributed by atoms with Gasteiger partial charge in [0.05, 0.1) is 0 Å². The SMILES string of the molecule is CCCCCC(C)(N=O)OC(=O)CC. The molecule has 0 fully saturated rings. The van der Waals surface area contributed by atoms with Crippen LogP contribution in [0.1, 0.15) is 52.9 Å². The van der Waals surface area contributed by atoms with Crippen molar-refractivity contribution in [2.24, 2.45) is 5.18 Å². The number of unbranched alkanes of at least 4 members (excludes halogenated alkanes) is 2. The van der Waals surface area contributed by atoms with Gasteiger partial charge in [-0.2, -0.15) is 0 Å². The lowest BCUT2D eigenvalue weighted by molar-refractivity contribution is -0.157. The van der Waals surface area contributed by atoms with Gasteiger partial charge in [0.25, 0.3) is 0 Å². The van der Waals surface area contributed by atoms with Gasteiger partial charge in [0.2, 0.25) is 5.72 Å². The molecule has 0 N–H and O–H groups in total. The normalized spacial score (nSPS) is 14.5. The highest BCUT2D eigenvalue weighted by molar-refractivity contribution is 5.69. The molecule has 0 amide bonds. The summed E-state index contributed by atoms with van der Waals surface area (Å²) in [4.78, 5) is 21.5. The number of rotatable bonds is 7. The third kappa shape index (κ3) is 4.94. The Balaban J connectivity index is 4.03. The average Bonchev–Trinajstić information content (AvgIpc) is 2.18. The van der Waals surface area contributed by atoms with E-state index in [4.69, 9.17) is 4.74 Å². The lowest BCUT2D eigenvalue weighted by Crippen LogP contribution is -2.28. The zero-order chi connectivity index (χ0) is 11.0. The van der Waals surface area contributed by atoms with Crippen LogP contribution in [0.15, 0.2) is 5.18 Å². The molecular weight excluding hydrogens is 182 g/mol. The molecule has 1 unspecified atom stereocenters. The van der Waals surface area contributed by atoms with Crippen molar-refractivity contribution in [1.82, 2.24) is 0 Å². The lowest BCUT2D eigenvalue weighted by Gasteiger charge is -2.21. The Labute approximate surface area is 85.0 Å². The molecule has 4 heteroatoms. The van der Waals surface area contributed by atoms with Gasteiger partial charge in [0.15, 0.2) is 0 Å². The standard InChI is InChI=1S/C10H19NO3/c1-4-6-7-8-10(3,11-13)14-9(12)5-2/h4-8H2,1-3H3. The molecule has 0 saturated carbocycles. The van der Waals surface area contributed by atoms with E-state index in [9.17, 15) is 9.70 Å². The average molecular weight is 201 g/mol. The van der Waals surface area contributed by atoms with Crippen molar-refractivity contribution >= 4 is 5.97 Å². The first-order chi connectivity index (χ1) is 6.58. The van der Waals surface area contributed by atoms with Gasteiger partial charge >= 0.3 is 5.97 Å². The van der Waals surface area contributed by atoms with E-state index >= 15 is 0 Å². The Hall–Kier alpha value is -0.930. The van der Waals surface area contributed by atoms with Crippen LogP contribution in [0.25, 0.3) is 0 Å². The maximum Gasteiger partial charge on any atom is 0.307 e. The van der Waals surface area contributed by atoms with E-state index in [1.807, 2.05) is 0 Å². The topological polar surface area (TPSA) is 55.7 Å². The van der Waals surface area contributed by atoms with E-state index < -0.39 is 5.72 Å². The van der Waals surface area contributed by atoms with Crippen molar-refractivity contribution in [3.05, 3.63) is 4.91 Å². The highest BCUT2D eigenvalue weighted by atomic mass is 16.6. The summed E-state index contributed by atoms with van der Waals surface area (Å²) in [6, 6.07) is 0. The molecule has 0 aromatic rings. The second-order valence-corrected chi connectivity index (χ2v) is 3.55. The van der Waals surface area contributed by atoms with Crippen molar-refractivity contribution in [3.63, 3.8) is 0 Å². The van der Waals surface area contributed by atoms with Crippen LogP contribution in [-0.4, -0.2) is 11.7 Å². The molecule has 0 spiro atoms. The molecule has 0 heterocycles. The van der Waals surface area contributed by atoms with Crippen molar-refractivity contribution in [2.45, 2.75) is 58.6 Å². The van der Waals surface area contributed by atoms with Crippen molar-refractivity contribution < 1.29 is 9.53 Å². The van der Waals surface area contributed by atoms with Crippen molar-refractivity contribution in [3.8, 4) is 0 Å². The smallest absolute Gasteiger partial charge is 0.307 e. The number of nitrogens with zero attached hydrogens (tertiary/aromatic N) is 1. The maximum absolute atomic E-state index is 11.0. The number of carbonyl (C=O) groups is 1. The molecule has 0 aliphatic rings.